The molecule has 1 saturated heterocycles. The first-order chi connectivity index (χ1) is 11.5. The first-order valence-corrected chi connectivity index (χ1v) is 9.06. The number of carbonyl (C=O) groups excluding carboxylic acids is 1. The molecule has 0 radical (unpaired) electrons. The lowest BCUT2D eigenvalue weighted by molar-refractivity contribution is -0.126. The molecule has 0 saturated carbocycles. The van der Waals surface area contributed by atoms with Crippen LogP contribution in [-0.2, 0) is 9.53 Å². The molecule has 2 aromatic rings. The van der Waals surface area contributed by atoms with Crippen molar-refractivity contribution in [2.75, 3.05) is 11.9 Å². The average molecular weight is 382 g/mol. The summed E-state index contributed by atoms with van der Waals surface area (Å²) in [6, 6.07) is 4.32. The molecule has 1 amide bonds. The van der Waals surface area contributed by atoms with E-state index in [9.17, 15) is 4.79 Å². The van der Waals surface area contributed by atoms with Crippen molar-refractivity contribution in [2.45, 2.75) is 45.8 Å². The zero-order chi connectivity index (χ0) is 17.3. The smallest absolute Gasteiger partial charge is 0.255 e. The van der Waals surface area contributed by atoms with Gasteiger partial charge in [-0.15, -0.1) is 23.7 Å². The second-order valence-corrected chi connectivity index (χ2v) is 7.20. The van der Waals surface area contributed by atoms with Gasteiger partial charge in [-0.2, -0.15) is 0 Å². The Morgan fingerprint density at radius 3 is 2.68 bits per heavy atom. The van der Waals surface area contributed by atoms with E-state index in [0.717, 1.165) is 17.7 Å². The third kappa shape index (κ3) is 4.39. The molecule has 1 aromatic heterocycles. The third-order valence-electron chi connectivity index (χ3n) is 4.51. The summed E-state index contributed by atoms with van der Waals surface area (Å²) in [4.78, 5) is 16.8. The molecule has 2 heterocycles. The highest BCUT2D eigenvalue weighted by Gasteiger charge is 2.30. The molecule has 1 aromatic carbocycles. The predicted molar refractivity (Wildman–Crippen MR) is 105 cm³/mol. The fourth-order valence-corrected chi connectivity index (χ4v) is 3.66. The maximum Gasteiger partial charge on any atom is 0.255 e. The second-order valence-electron chi connectivity index (χ2n) is 6.34. The largest absolute Gasteiger partial charge is 0.364 e. The summed E-state index contributed by atoms with van der Waals surface area (Å²) in [6.07, 6.45) is 1.11. The van der Waals surface area contributed by atoms with E-state index in [-0.39, 0.29) is 24.4 Å². The van der Waals surface area contributed by atoms with Gasteiger partial charge in [0, 0.05) is 17.5 Å². The van der Waals surface area contributed by atoms with Crippen LogP contribution in [0.25, 0.3) is 11.3 Å². The first-order valence-electron chi connectivity index (χ1n) is 8.18. The number of hydrogen-bond donors (Lipinski definition) is 2. The van der Waals surface area contributed by atoms with Crippen LogP contribution in [0.5, 0.6) is 0 Å². The molecule has 136 valence electrons. The van der Waals surface area contributed by atoms with Crippen molar-refractivity contribution in [3.8, 4) is 11.3 Å². The quantitative estimate of drug-likeness (QED) is 0.848. The molecule has 1 aliphatic rings. The Morgan fingerprint density at radius 1 is 1.28 bits per heavy atom. The van der Waals surface area contributed by atoms with Crippen molar-refractivity contribution in [2.24, 2.45) is 5.73 Å². The van der Waals surface area contributed by atoms with Crippen LogP contribution in [0.3, 0.4) is 0 Å². The minimum Gasteiger partial charge on any atom is -0.364 e. The SMILES string of the molecule is Cc1cc(C)c(-c2csc(NC(=O)[C@@H]3CC[C@H](CN)O3)n2)cc1C.Cl. The Kier molecular flexibility index (Phi) is 6.57. The molecule has 0 bridgehead atoms. The van der Waals surface area contributed by atoms with E-state index in [4.69, 9.17) is 10.5 Å². The minimum atomic E-state index is -0.422. The Labute approximate surface area is 158 Å². The Morgan fingerprint density at radius 2 is 2.00 bits per heavy atom. The maximum atomic E-state index is 12.3. The number of nitrogens with two attached hydrogens (primary N) is 1. The topological polar surface area (TPSA) is 77.2 Å². The third-order valence-corrected chi connectivity index (χ3v) is 5.27. The van der Waals surface area contributed by atoms with Crippen LogP contribution in [0.2, 0.25) is 0 Å². The number of amides is 1. The van der Waals surface area contributed by atoms with Gasteiger partial charge in [0.1, 0.15) is 6.10 Å². The van der Waals surface area contributed by atoms with Gasteiger partial charge in [0.2, 0.25) is 0 Å². The average Bonchev–Trinajstić information content (AvgIpc) is 3.20. The highest BCUT2D eigenvalue weighted by molar-refractivity contribution is 7.14. The van der Waals surface area contributed by atoms with E-state index in [2.05, 4.69) is 43.2 Å². The molecular formula is C18H24ClN3O2S. The van der Waals surface area contributed by atoms with Gasteiger partial charge >= 0.3 is 0 Å². The Balaban J connectivity index is 0.00000225. The van der Waals surface area contributed by atoms with Gasteiger partial charge in [0.25, 0.3) is 5.91 Å². The molecule has 0 aliphatic carbocycles. The van der Waals surface area contributed by atoms with Crippen LogP contribution in [0, 0.1) is 20.8 Å². The van der Waals surface area contributed by atoms with Gasteiger partial charge in [0.15, 0.2) is 5.13 Å². The van der Waals surface area contributed by atoms with Crippen LogP contribution < -0.4 is 11.1 Å². The molecule has 3 N–H and O–H groups in total. The molecule has 7 heteroatoms. The first kappa shape index (κ1) is 19.8. The van der Waals surface area contributed by atoms with Gasteiger partial charge in [-0.25, -0.2) is 4.98 Å². The Bertz CT molecular complexity index is 763. The number of thiazole rings is 1. The lowest BCUT2D eigenvalue weighted by atomic mass is 9.99. The molecule has 5 nitrogen and oxygen atoms in total. The molecule has 25 heavy (non-hydrogen) atoms. The van der Waals surface area contributed by atoms with Crippen LogP contribution in [0.4, 0.5) is 5.13 Å². The van der Waals surface area contributed by atoms with E-state index in [1.54, 1.807) is 0 Å². The van der Waals surface area contributed by atoms with Gasteiger partial charge in [-0.3, -0.25) is 10.1 Å². The van der Waals surface area contributed by atoms with Gasteiger partial charge in [-0.05, 0) is 56.4 Å². The number of anilines is 1. The Hall–Kier alpha value is -1.47. The summed E-state index contributed by atoms with van der Waals surface area (Å²) < 4.78 is 5.62. The van der Waals surface area contributed by atoms with E-state index in [1.807, 2.05) is 5.38 Å². The summed E-state index contributed by atoms with van der Waals surface area (Å²) in [5, 5.41) is 5.45. The number of benzene rings is 1. The molecule has 0 spiro atoms. The number of hydrogen-bond acceptors (Lipinski definition) is 5. The van der Waals surface area contributed by atoms with E-state index in [1.165, 1.54) is 28.0 Å². The number of halogens is 1. The summed E-state index contributed by atoms with van der Waals surface area (Å²) in [5.41, 5.74) is 11.3. The monoisotopic (exact) mass is 381 g/mol. The molecule has 3 rings (SSSR count). The van der Waals surface area contributed by atoms with Crippen molar-refractivity contribution in [1.29, 1.82) is 0 Å². The molecular weight excluding hydrogens is 358 g/mol. The van der Waals surface area contributed by atoms with Gasteiger partial charge in [-0.1, -0.05) is 6.07 Å². The molecule has 2 atom stereocenters. The van der Waals surface area contributed by atoms with E-state index >= 15 is 0 Å². The molecule has 0 unspecified atom stereocenters. The minimum absolute atomic E-state index is 0. The number of rotatable bonds is 4. The van der Waals surface area contributed by atoms with Crippen molar-refractivity contribution in [1.82, 2.24) is 4.98 Å². The normalized spacial score (nSPS) is 19.5. The van der Waals surface area contributed by atoms with E-state index in [0.29, 0.717) is 18.1 Å². The number of ether oxygens (including phenoxy) is 1. The summed E-state index contributed by atoms with van der Waals surface area (Å²) in [6.45, 7) is 6.74. The highest BCUT2D eigenvalue weighted by Crippen LogP contribution is 2.30. The highest BCUT2D eigenvalue weighted by atomic mass is 35.5. The summed E-state index contributed by atoms with van der Waals surface area (Å²) in [7, 11) is 0. The summed E-state index contributed by atoms with van der Waals surface area (Å²) >= 11 is 1.43. The number of aromatic nitrogens is 1. The predicted octanol–water partition coefficient (Wildman–Crippen LogP) is 3.60. The zero-order valence-electron chi connectivity index (χ0n) is 14.7. The maximum absolute atomic E-state index is 12.3. The molecule has 1 fully saturated rings. The van der Waals surface area contributed by atoms with Crippen LogP contribution in [-0.4, -0.2) is 29.6 Å². The van der Waals surface area contributed by atoms with Gasteiger partial charge < -0.3 is 10.5 Å². The zero-order valence-corrected chi connectivity index (χ0v) is 16.3. The second kappa shape index (κ2) is 8.27. The van der Waals surface area contributed by atoms with Gasteiger partial charge in [0.05, 0.1) is 11.8 Å². The van der Waals surface area contributed by atoms with Crippen LogP contribution >= 0.6 is 23.7 Å². The van der Waals surface area contributed by atoms with Crippen molar-refractivity contribution in [3.63, 3.8) is 0 Å². The fraction of sp³-hybridized carbons (Fsp3) is 0.444. The summed E-state index contributed by atoms with van der Waals surface area (Å²) in [5.74, 6) is -0.136. The van der Waals surface area contributed by atoms with Crippen LogP contribution in [0.15, 0.2) is 17.5 Å². The number of nitrogens with zero attached hydrogens (tertiary/aromatic N) is 1. The van der Waals surface area contributed by atoms with Crippen molar-refractivity contribution in [3.05, 3.63) is 34.2 Å². The van der Waals surface area contributed by atoms with E-state index < -0.39 is 6.10 Å². The van der Waals surface area contributed by atoms with Crippen LogP contribution in [0.1, 0.15) is 29.5 Å². The van der Waals surface area contributed by atoms with Crippen molar-refractivity contribution >= 4 is 34.8 Å². The number of carbonyl (C=O) groups is 1. The number of aryl methyl sites for hydroxylation is 3. The standard InChI is InChI=1S/C18H23N3O2S.ClH/c1-10-6-12(3)14(7-11(10)2)15-9-24-18(20-15)21-17(22)16-5-4-13(8-19)23-16;/h6-7,9,13,16H,4-5,8,19H2,1-3H3,(H,20,21,22);1H/t13-,16+;/m1./s1. The lowest BCUT2D eigenvalue weighted by Gasteiger charge is -2.11. The number of nitrogens with one attached hydrogen (secondary N) is 1. The van der Waals surface area contributed by atoms with Crippen molar-refractivity contribution < 1.29 is 9.53 Å². The lowest BCUT2D eigenvalue weighted by Crippen LogP contribution is -2.29. The molecule has 1 aliphatic heterocycles. The fourth-order valence-electron chi connectivity index (χ4n) is 2.95.